The summed E-state index contributed by atoms with van der Waals surface area (Å²) in [7, 11) is 0. The lowest BCUT2D eigenvalue weighted by molar-refractivity contribution is -0.123. The number of aliphatic hydroxyl groups excluding tert-OH is 1. The molecule has 0 unspecified atom stereocenters. The maximum Gasteiger partial charge on any atom is 0.237 e. The zero-order valence-electron chi connectivity index (χ0n) is 10.9. The first-order chi connectivity index (χ1) is 9.63. The van der Waals surface area contributed by atoms with E-state index in [1.54, 1.807) is 11.8 Å². The van der Waals surface area contributed by atoms with Crippen LogP contribution in [0.4, 0.5) is 0 Å². The zero-order chi connectivity index (χ0) is 14.1. The van der Waals surface area contributed by atoms with Gasteiger partial charge in [-0.2, -0.15) is 0 Å². The highest BCUT2D eigenvalue weighted by atomic mass is 35.5. The summed E-state index contributed by atoms with van der Waals surface area (Å²) < 4.78 is 0. The van der Waals surface area contributed by atoms with Gasteiger partial charge in [-0.1, -0.05) is 11.6 Å². The minimum absolute atomic E-state index is 0.0111. The Labute approximate surface area is 127 Å². The summed E-state index contributed by atoms with van der Waals surface area (Å²) >= 11 is 7.85. The van der Waals surface area contributed by atoms with Crippen molar-refractivity contribution in [1.29, 1.82) is 0 Å². The molecule has 0 spiro atoms. The van der Waals surface area contributed by atoms with Crippen LogP contribution in [0.5, 0.6) is 0 Å². The van der Waals surface area contributed by atoms with Crippen LogP contribution in [0.3, 0.4) is 0 Å². The van der Waals surface area contributed by atoms with Crippen molar-refractivity contribution in [3.05, 3.63) is 28.8 Å². The number of hydrogen-bond donors (Lipinski definition) is 3. The van der Waals surface area contributed by atoms with E-state index in [4.69, 9.17) is 11.6 Å². The predicted molar refractivity (Wildman–Crippen MR) is 80.1 cm³/mol. The quantitative estimate of drug-likeness (QED) is 0.778. The van der Waals surface area contributed by atoms with E-state index in [9.17, 15) is 9.90 Å². The van der Waals surface area contributed by atoms with Gasteiger partial charge < -0.3 is 15.7 Å². The number of rotatable bonds is 2. The molecule has 20 heavy (non-hydrogen) atoms. The summed E-state index contributed by atoms with van der Waals surface area (Å²) in [4.78, 5) is 13.4. The predicted octanol–water partition coefficient (Wildman–Crippen LogP) is 1.72. The molecule has 108 valence electrons. The van der Waals surface area contributed by atoms with Crippen LogP contribution in [0.1, 0.15) is 24.4 Å². The molecular formula is C14H17ClN2O2S. The molecular weight excluding hydrogens is 296 g/mol. The highest BCUT2D eigenvalue weighted by molar-refractivity contribution is 7.99. The Bertz CT molecular complexity index is 526. The Kier molecular flexibility index (Phi) is 4.21. The first kappa shape index (κ1) is 14.2. The number of aliphatic hydroxyl groups is 1. The molecule has 2 heterocycles. The minimum Gasteiger partial charge on any atom is -0.392 e. The maximum absolute atomic E-state index is 12.2. The van der Waals surface area contributed by atoms with Gasteiger partial charge in [-0.3, -0.25) is 4.79 Å². The Morgan fingerprint density at radius 2 is 2.35 bits per heavy atom. The van der Waals surface area contributed by atoms with Crippen molar-refractivity contribution in [2.45, 2.75) is 35.9 Å². The lowest BCUT2D eigenvalue weighted by Crippen LogP contribution is -2.42. The van der Waals surface area contributed by atoms with Gasteiger partial charge in [0.2, 0.25) is 5.91 Å². The van der Waals surface area contributed by atoms with Crippen molar-refractivity contribution in [3.63, 3.8) is 0 Å². The standard InChI is InChI=1S/C14H17ClN2O2S/c15-8-1-2-13-10(5-8)11(3-4-20-13)17-14(19)12-6-9(18)7-16-12/h1-2,5,9,11-12,16,18H,3-4,6-7H2,(H,17,19)/t9-,11+,12+/m0/s1. The van der Waals surface area contributed by atoms with Crippen molar-refractivity contribution in [2.24, 2.45) is 0 Å². The molecule has 0 saturated carbocycles. The number of carbonyl (C=O) groups excluding carboxylic acids is 1. The van der Waals surface area contributed by atoms with Gasteiger partial charge in [-0.15, -0.1) is 11.8 Å². The van der Waals surface area contributed by atoms with Crippen LogP contribution in [0.15, 0.2) is 23.1 Å². The van der Waals surface area contributed by atoms with Crippen LogP contribution in [0, 0.1) is 0 Å². The van der Waals surface area contributed by atoms with E-state index in [-0.39, 0.29) is 18.0 Å². The first-order valence-corrected chi connectivity index (χ1v) is 8.14. The lowest BCUT2D eigenvalue weighted by atomic mass is 10.0. The van der Waals surface area contributed by atoms with Crippen molar-refractivity contribution >= 4 is 29.3 Å². The molecule has 0 bridgehead atoms. The van der Waals surface area contributed by atoms with E-state index in [1.807, 2.05) is 18.2 Å². The zero-order valence-corrected chi connectivity index (χ0v) is 12.5. The largest absolute Gasteiger partial charge is 0.392 e. The number of fused-ring (bicyclic) bond motifs is 1. The monoisotopic (exact) mass is 312 g/mol. The van der Waals surface area contributed by atoms with Crippen LogP contribution in [0.25, 0.3) is 0 Å². The van der Waals surface area contributed by atoms with E-state index in [2.05, 4.69) is 10.6 Å². The van der Waals surface area contributed by atoms with Crippen LogP contribution < -0.4 is 10.6 Å². The number of nitrogens with one attached hydrogen (secondary N) is 2. The molecule has 0 aromatic heterocycles. The van der Waals surface area contributed by atoms with E-state index >= 15 is 0 Å². The highest BCUT2D eigenvalue weighted by Gasteiger charge is 2.30. The van der Waals surface area contributed by atoms with E-state index in [1.165, 1.54) is 4.90 Å². The Balaban J connectivity index is 1.73. The van der Waals surface area contributed by atoms with Gasteiger partial charge in [0.05, 0.1) is 18.2 Å². The summed E-state index contributed by atoms with van der Waals surface area (Å²) in [5.74, 6) is 0.949. The van der Waals surface area contributed by atoms with Crippen molar-refractivity contribution < 1.29 is 9.90 Å². The molecule has 1 fully saturated rings. The molecule has 1 aromatic carbocycles. The number of thioether (sulfide) groups is 1. The molecule has 0 aliphatic carbocycles. The normalized spacial score (nSPS) is 29.0. The highest BCUT2D eigenvalue weighted by Crippen LogP contribution is 2.37. The van der Waals surface area contributed by atoms with Gasteiger partial charge in [-0.05, 0) is 36.6 Å². The maximum atomic E-state index is 12.2. The van der Waals surface area contributed by atoms with Gasteiger partial charge in [0.25, 0.3) is 0 Å². The summed E-state index contributed by atoms with van der Waals surface area (Å²) in [6.07, 6.45) is 0.962. The number of carbonyl (C=O) groups is 1. The molecule has 2 aliphatic rings. The topological polar surface area (TPSA) is 61.4 Å². The van der Waals surface area contributed by atoms with Crippen molar-refractivity contribution in [3.8, 4) is 0 Å². The average molecular weight is 313 g/mol. The number of amides is 1. The summed E-state index contributed by atoms with van der Waals surface area (Å²) in [6, 6.07) is 5.55. The first-order valence-electron chi connectivity index (χ1n) is 6.77. The fourth-order valence-electron chi connectivity index (χ4n) is 2.70. The number of benzene rings is 1. The molecule has 4 nitrogen and oxygen atoms in total. The van der Waals surface area contributed by atoms with E-state index in [0.717, 1.165) is 17.7 Å². The van der Waals surface area contributed by atoms with Crippen LogP contribution >= 0.6 is 23.4 Å². The lowest BCUT2D eigenvalue weighted by Gasteiger charge is -2.27. The van der Waals surface area contributed by atoms with Crippen molar-refractivity contribution in [1.82, 2.24) is 10.6 Å². The molecule has 3 atom stereocenters. The van der Waals surface area contributed by atoms with E-state index in [0.29, 0.717) is 18.0 Å². The Morgan fingerprint density at radius 3 is 3.10 bits per heavy atom. The fourth-order valence-corrected chi connectivity index (χ4v) is 3.99. The number of β-amino-alcohol motifs (C(OH)–C–C–N with tert-alkyl or cyclic N) is 1. The van der Waals surface area contributed by atoms with Crippen LogP contribution in [-0.2, 0) is 4.79 Å². The van der Waals surface area contributed by atoms with Gasteiger partial charge in [0.15, 0.2) is 0 Å². The van der Waals surface area contributed by atoms with Crippen LogP contribution in [0.2, 0.25) is 5.02 Å². The molecule has 1 saturated heterocycles. The summed E-state index contributed by atoms with van der Waals surface area (Å²) in [6.45, 7) is 0.487. The molecule has 6 heteroatoms. The van der Waals surface area contributed by atoms with Gasteiger partial charge >= 0.3 is 0 Å². The van der Waals surface area contributed by atoms with Gasteiger partial charge in [-0.25, -0.2) is 0 Å². The van der Waals surface area contributed by atoms with Gasteiger partial charge in [0, 0.05) is 22.2 Å². The molecule has 1 aromatic rings. The van der Waals surface area contributed by atoms with Crippen LogP contribution in [-0.4, -0.2) is 35.5 Å². The third kappa shape index (κ3) is 2.96. The van der Waals surface area contributed by atoms with Gasteiger partial charge in [0.1, 0.15) is 0 Å². The SMILES string of the molecule is O=C(N[C@@H]1CCSc2ccc(Cl)cc21)[C@H]1C[C@H](O)CN1. The average Bonchev–Trinajstić information content (AvgIpc) is 2.86. The second kappa shape index (κ2) is 5.93. The minimum atomic E-state index is -0.422. The second-order valence-corrected chi connectivity index (χ2v) is 6.80. The summed E-state index contributed by atoms with van der Waals surface area (Å²) in [5, 5.41) is 16.3. The fraction of sp³-hybridized carbons (Fsp3) is 0.500. The third-order valence-corrected chi connectivity index (χ3v) is 5.11. The smallest absolute Gasteiger partial charge is 0.237 e. The molecule has 3 rings (SSSR count). The van der Waals surface area contributed by atoms with Crippen molar-refractivity contribution in [2.75, 3.05) is 12.3 Å². The molecule has 3 N–H and O–H groups in total. The number of hydrogen-bond acceptors (Lipinski definition) is 4. The Morgan fingerprint density at radius 1 is 1.50 bits per heavy atom. The molecule has 0 radical (unpaired) electrons. The Hall–Kier alpha value is -0.750. The molecule has 1 amide bonds. The molecule has 2 aliphatic heterocycles. The number of halogens is 1. The third-order valence-electron chi connectivity index (χ3n) is 3.75. The summed E-state index contributed by atoms with van der Waals surface area (Å²) in [5.41, 5.74) is 1.10. The van der Waals surface area contributed by atoms with E-state index < -0.39 is 6.10 Å². The second-order valence-electron chi connectivity index (χ2n) is 5.23.